The van der Waals surface area contributed by atoms with Gasteiger partial charge < -0.3 is 15.0 Å². The van der Waals surface area contributed by atoms with E-state index in [2.05, 4.69) is 42.4 Å². The largest absolute Gasteiger partial charge is 0.383 e. The van der Waals surface area contributed by atoms with E-state index in [1.807, 2.05) is 0 Å². The first-order valence-corrected chi connectivity index (χ1v) is 7.71. The fourth-order valence-electron chi connectivity index (χ4n) is 2.82. The van der Waals surface area contributed by atoms with Gasteiger partial charge in [0.1, 0.15) is 0 Å². The highest BCUT2D eigenvalue weighted by atomic mass is 16.5. The Bertz CT molecular complexity index is 415. The zero-order valence-corrected chi connectivity index (χ0v) is 13.1. The standard InChI is InChI=1S/C17H28N2O/c1-14-11-16(12-18-9-10-20-3)7-8-17(14)19(2)13-15-5-4-6-15/h7-8,11,15,18H,4-6,9-10,12-13H2,1-3H3. The lowest BCUT2D eigenvalue weighted by atomic mass is 9.85. The molecule has 0 aliphatic heterocycles. The summed E-state index contributed by atoms with van der Waals surface area (Å²) < 4.78 is 5.04. The molecule has 2 rings (SSSR count). The first kappa shape index (κ1) is 15.3. The van der Waals surface area contributed by atoms with E-state index in [9.17, 15) is 0 Å². The molecule has 3 heteroatoms. The molecule has 0 saturated heterocycles. The van der Waals surface area contributed by atoms with E-state index in [1.54, 1.807) is 7.11 Å². The highest BCUT2D eigenvalue weighted by Gasteiger charge is 2.19. The van der Waals surface area contributed by atoms with Crippen LogP contribution < -0.4 is 10.2 Å². The molecule has 0 amide bonds. The summed E-state index contributed by atoms with van der Waals surface area (Å²) in [6, 6.07) is 6.80. The SMILES string of the molecule is COCCNCc1ccc(N(C)CC2CCC2)c(C)c1. The zero-order valence-electron chi connectivity index (χ0n) is 13.1. The molecule has 0 heterocycles. The summed E-state index contributed by atoms with van der Waals surface area (Å²) in [5.74, 6) is 0.912. The summed E-state index contributed by atoms with van der Waals surface area (Å²) in [4.78, 5) is 2.42. The van der Waals surface area contributed by atoms with Crippen LogP contribution in [0.5, 0.6) is 0 Å². The lowest BCUT2D eigenvalue weighted by Crippen LogP contribution is -2.29. The number of methoxy groups -OCH3 is 1. The monoisotopic (exact) mass is 276 g/mol. The molecule has 0 atom stereocenters. The van der Waals surface area contributed by atoms with Gasteiger partial charge in [-0.2, -0.15) is 0 Å². The minimum Gasteiger partial charge on any atom is -0.383 e. The van der Waals surface area contributed by atoms with Crippen molar-refractivity contribution in [3.63, 3.8) is 0 Å². The molecular formula is C17H28N2O. The predicted molar refractivity (Wildman–Crippen MR) is 85.4 cm³/mol. The Labute approximate surface area is 123 Å². The molecule has 0 spiro atoms. The van der Waals surface area contributed by atoms with Crippen LogP contribution in [-0.4, -0.2) is 33.9 Å². The van der Waals surface area contributed by atoms with E-state index in [4.69, 9.17) is 4.74 Å². The van der Waals surface area contributed by atoms with Gasteiger partial charge in [0, 0.05) is 39.5 Å². The number of benzene rings is 1. The summed E-state index contributed by atoms with van der Waals surface area (Å²) >= 11 is 0. The number of nitrogens with zero attached hydrogens (tertiary/aromatic N) is 1. The number of hydrogen-bond acceptors (Lipinski definition) is 3. The zero-order chi connectivity index (χ0) is 14.4. The molecule has 1 saturated carbocycles. The smallest absolute Gasteiger partial charge is 0.0587 e. The summed E-state index contributed by atoms with van der Waals surface area (Å²) in [5, 5.41) is 3.39. The molecule has 0 unspecified atom stereocenters. The molecule has 20 heavy (non-hydrogen) atoms. The van der Waals surface area contributed by atoms with E-state index < -0.39 is 0 Å². The lowest BCUT2D eigenvalue weighted by molar-refractivity contribution is 0.199. The summed E-state index contributed by atoms with van der Waals surface area (Å²) in [5.41, 5.74) is 4.09. The van der Waals surface area contributed by atoms with Gasteiger partial charge in [0.25, 0.3) is 0 Å². The van der Waals surface area contributed by atoms with Gasteiger partial charge in [-0.25, -0.2) is 0 Å². The van der Waals surface area contributed by atoms with Crippen LogP contribution in [0.25, 0.3) is 0 Å². The lowest BCUT2D eigenvalue weighted by Gasteiger charge is -2.32. The Morgan fingerprint density at radius 1 is 1.35 bits per heavy atom. The quantitative estimate of drug-likeness (QED) is 0.739. The van der Waals surface area contributed by atoms with E-state index in [0.29, 0.717) is 0 Å². The third kappa shape index (κ3) is 4.22. The third-order valence-electron chi connectivity index (χ3n) is 4.24. The van der Waals surface area contributed by atoms with Crippen molar-refractivity contribution in [2.75, 3.05) is 38.8 Å². The van der Waals surface area contributed by atoms with Crippen molar-refractivity contribution >= 4 is 5.69 Å². The average molecular weight is 276 g/mol. The number of anilines is 1. The van der Waals surface area contributed by atoms with Gasteiger partial charge in [-0.05, 0) is 42.9 Å². The van der Waals surface area contributed by atoms with Crippen molar-refractivity contribution < 1.29 is 4.74 Å². The second-order valence-electron chi connectivity index (χ2n) is 5.97. The maximum Gasteiger partial charge on any atom is 0.0587 e. The van der Waals surface area contributed by atoms with Crippen molar-refractivity contribution in [3.8, 4) is 0 Å². The number of nitrogens with one attached hydrogen (secondary N) is 1. The highest BCUT2D eigenvalue weighted by molar-refractivity contribution is 5.54. The van der Waals surface area contributed by atoms with Gasteiger partial charge in [0.05, 0.1) is 6.61 Å². The van der Waals surface area contributed by atoms with Crippen LogP contribution in [0, 0.1) is 12.8 Å². The Balaban J connectivity index is 1.87. The predicted octanol–water partition coefficient (Wildman–Crippen LogP) is 2.97. The second kappa shape index (κ2) is 7.65. The number of hydrogen-bond donors (Lipinski definition) is 1. The van der Waals surface area contributed by atoms with Gasteiger partial charge in [-0.15, -0.1) is 0 Å². The highest BCUT2D eigenvalue weighted by Crippen LogP contribution is 2.29. The number of aryl methyl sites for hydroxylation is 1. The Morgan fingerprint density at radius 2 is 2.15 bits per heavy atom. The van der Waals surface area contributed by atoms with Gasteiger partial charge in [-0.3, -0.25) is 0 Å². The molecule has 3 nitrogen and oxygen atoms in total. The normalized spacial score (nSPS) is 15.2. The summed E-state index contributed by atoms with van der Waals surface area (Å²) in [7, 11) is 3.95. The van der Waals surface area contributed by atoms with Crippen LogP contribution in [0.3, 0.4) is 0 Å². The number of ether oxygens (including phenoxy) is 1. The van der Waals surface area contributed by atoms with E-state index >= 15 is 0 Å². The second-order valence-corrected chi connectivity index (χ2v) is 5.97. The summed E-state index contributed by atoms with van der Waals surface area (Å²) in [6.45, 7) is 5.99. The average Bonchev–Trinajstić information content (AvgIpc) is 2.39. The summed E-state index contributed by atoms with van der Waals surface area (Å²) in [6.07, 6.45) is 4.24. The Hall–Kier alpha value is -1.06. The molecule has 112 valence electrons. The first-order chi connectivity index (χ1) is 9.70. The van der Waals surface area contributed by atoms with Crippen LogP contribution in [0.4, 0.5) is 5.69 Å². The van der Waals surface area contributed by atoms with Crippen molar-refractivity contribution in [1.82, 2.24) is 5.32 Å². The minimum absolute atomic E-state index is 0.765. The molecule has 1 aliphatic rings. The third-order valence-corrected chi connectivity index (χ3v) is 4.24. The van der Waals surface area contributed by atoms with E-state index in [0.717, 1.165) is 25.6 Å². The minimum atomic E-state index is 0.765. The number of rotatable bonds is 8. The molecule has 0 aromatic heterocycles. The van der Waals surface area contributed by atoms with E-state index in [1.165, 1.54) is 42.6 Å². The van der Waals surface area contributed by atoms with Crippen molar-refractivity contribution in [2.45, 2.75) is 32.7 Å². The van der Waals surface area contributed by atoms with Gasteiger partial charge in [0.2, 0.25) is 0 Å². The van der Waals surface area contributed by atoms with Crippen LogP contribution in [0.2, 0.25) is 0 Å². The van der Waals surface area contributed by atoms with Crippen LogP contribution in [0.1, 0.15) is 30.4 Å². The Kier molecular flexibility index (Phi) is 5.86. The molecule has 0 radical (unpaired) electrons. The molecule has 1 fully saturated rings. The van der Waals surface area contributed by atoms with Crippen LogP contribution >= 0.6 is 0 Å². The van der Waals surface area contributed by atoms with Crippen molar-refractivity contribution in [2.24, 2.45) is 5.92 Å². The fraction of sp³-hybridized carbons (Fsp3) is 0.647. The van der Waals surface area contributed by atoms with Crippen LogP contribution in [0.15, 0.2) is 18.2 Å². The first-order valence-electron chi connectivity index (χ1n) is 7.71. The molecule has 1 aromatic rings. The van der Waals surface area contributed by atoms with Gasteiger partial charge in [0.15, 0.2) is 0 Å². The van der Waals surface area contributed by atoms with Crippen molar-refractivity contribution in [3.05, 3.63) is 29.3 Å². The molecule has 1 aliphatic carbocycles. The maximum atomic E-state index is 5.04. The van der Waals surface area contributed by atoms with Gasteiger partial charge >= 0.3 is 0 Å². The molecular weight excluding hydrogens is 248 g/mol. The molecule has 0 bridgehead atoms. The topological polar surface area (TPSA) is 24.5 Å². The van der Waals surface area contributed by atoms with E-state index in [-0.39, 0.29) is 0 Å². The maximum absolute atomic E-state index is 5.04. The van der Waals surface area contributed by atoms with Gasteiger partial charge in [-0.1, -0.05) is 18.6 Å². The molecule has 1 aromatic carbocycles. The Morgan fingerprint density at radius 3 is 2.75 bits per heavy atom. The molecule has 1 N–H and O–H groups in total. The fourth-order valence-corrected chi connectivity index (χ4v) is 2.82. The van der Waals surface area contributed by atoms with Crippen LogP contribution in [-0.2, 0) is 11.3 Å². The van der Waals surface area contributed by atoms with Crippen molar-refractivity contribution in [1.29, 1.82) is 0 Å².